The summed E-state index contributed by atoms with van der Waals surface area (Å²) in [6.45, 7) is 1.72. The molecule has 1 rings (SSSR count). The zero-order valence-corrected chi connectivity index (χ0v) is 11.2. The summed E-state index contributed by atoms with van der Waals surface area (Å²) in [4.78, 5) is 22.6. The number of esters is 1. The maximum absolute atomic E-state index is 13.1. The standard InChI is InChI=1S/C14H15F2NO3/c1-9(10-5-6-11(15)12(16)8-10)14(19)17-7-3-4-13(18)20-2/h3-6,8-9H,7H2,1-2H3,(H,17,19)/b4-3+. The number of carbonyl (C=O) groups is 2. The number of nitrogens with one attached hydrogen (secondary N) is 1. The van der Waals surface area contributed by atoms with Crippen LogP contribution in [0, 0.1) is 11.6 Å². The highest BCUT2D eigenvalue weighted by Gasteiger charge is 2.16. The Morgan fingerprint density at radius 2 is 2.05 bits per heavy atom. The lowest BCUT2D eigenvalue weighted by molar-refractivity contribution is -0.134. The van der Waals surface area contributed by atoms with Crippen LogP contribution in [0.4, 0.5) is 8.78 Å². The molecule has 108 valence electrons. The average molecular weight is 283 g/mol. The summed E-state index contributed by atoms with van der Waals surface area (Å²) in [7, 11) is 1.25. The fraction of sp³-hybridized carbons (Fsp3) is 0.286. The molecule has 1 aromatic carbocycles. The Bertz CT molecular complexity index is 529. The predicted octanol–water partition coefficient (Wildman–Crippen LogP) is 1.91. The fourth-order valence-electron chi connectivity index (χ4n) is 1.47. The van der Waals surface area contributed by atoms with Gasteiger partial charge in [-0.3, -0.25) is 4.79 Å². The van der Waals surface area contributed by atoms with Gasteiger partial charge in [-0.1, -0.05) is 12.1 Å². The molecule has 1 atom stereocenters. The van der Waals surface area contributed by atoms with E-state index in [4.69, 9.17) is 0 Å². The number of rotatable bonds is 5. The lowest BCUT2D eigenvalue weighted by Gasteiger charge is -2.11. The van der Waals surface area contributed by atoms with Crippen molar-refractivity contribution >= 4 is 11.9 Å². The largest absolute Gasteiger partial charge is 0.466 e. The second-order valence-electron chi connectivity index (χ2n) is 4.07. The molecule has 1 N–H and O–H groups in total. The summed E-state index contributed by atoms with van der Waals surface area (Å²) in [6.07, 6.45) is 2.62. The van der Waals surface area contributed by atoms with E-state index in [0.29, 0.717) is 5.56 Å². The molecule has 0 heterocycles. The van der Waals surface area contributed by atoms with E-state index in [0.717, 1.165) is 12.1 Å². The van der Waals surface area contributed by atoms with Crippen molar-refractivity contribution < 1.29 is 23.1 Å². The highest BCUT2D eigenvalue weighted by atomic mass is 19.2. The van der Waals surface area contributed by atoms with Crippen molar-refractivity contribution in [1.82, 2.24) is 5.32 Å². The first-order valence-corrected chi connectivity index (χ1v) is 5.93. The molecule has 0 aliphatic carbocycles. The molecular weight excluding hydrogens is 268 g/mol. The first kappa shape index (κ1) is 15.8. The van der Waals surface area contributed by atoms with E-state index in [-0.39, 0.29) is 12.5 Å². The lowest BCUT2D eigenvalue weighted by Crippen LogP contribution is -2.28. The molecule has 0 radical (unpaired) electrons. The normalized spacial score (nSPS) is 12.2. The minimum absolute atomic E-state index is 0.141. The Morgan fingerprint density at radius 1 is 1.35 bits per heavy atom. The molecule has 6 heteroatoms. The van der Waals surface area contributed by atoms with Gasteiger partial charge in [-0.05, 0) is 24.6 Å². The quantitative estimate of drug-likeness (QED) is 0.663. The summed E-state index contributed by atoms with van der Waals surface area (Å²) < 4.78 is 30.2. The highest BCUT2D eigenvalue weighted by Crippen LogP contribution is 2.18. The molecule has 0 saturated carbocycles. The summed E-state index contributed by atoms with van der Waals surface area (Å²) in [5, 5.41) is 2.54. The number of amides is 1. The second-order valence-corrected chi connectivity index (χ2v) is 4.07. The topological polar surface area (TPSA) is 55.4 Å². The Labute approximate surface area is 115 Å². The van der Waals surface area contributed by atoms with Gasteiger partial charge in [0.05, 0.1) is 13.0 Å². The van der Waals surface area contributed by atoms with Gasteiger partial charge in [0, 0.05) is 12.6 Å². The Morgan fingerprint density at radius 3 is 2.65 bits per heavy atom. The summed E-state index contributed by atoms with van der Waals surface area (Å²) in [5.74, 6) is -3.45. The summed E-state index contributed by atoms with van der Waals surface area (Å²) in [6, 6.07) is 3.32. The lowest BCUT2D eigenvalue weighted by atomic mass is 10.0. The van der Waals surface area contributed by atoms with Gasteiger partial charge in [-0.25, -0.2) is 13.6 Å². The smallest absolute Gasteiger partial charge is 0.330 e. The highest BCUT2D eigenvalue weighted by molar-refractivity contribution is 5.84. The van der Waals surface area contributed by atoms with Gasteiger partial charge >= 0.3 is 5.97 Å². The van der Waals surface area contributed by atoms with E-state index in [9.17, 15) is 18.4 Å². The van der Waals surface area contributed by atoms with E-state index in [1.165, 1.54) is 25.3 Å². The van der Waals surface area contributed by atoms with Crippen LogP contribution in [0.25, 0.3) is 0 Å². The predicted molar refractivity (Wildman–Crippen MR) is 68.9 cm³/mol. The molecule has 1 unspecified atom stereocenters. The van der Waals surface area contributed by atoms with Crippen LogP contribution in [0.2, 0.25) is 0 Å². The van der Waals surface area contributed by atoms with Crippen molar-refractivity contribution in [2.24, 2.45) is 0 Å². The van der Waals surface area contributed by atoms with E-state index < -0.39 is 23.5 Å². The number of carbonyl (C=O) groups excluding carboxylic acids is 2. The van der Waals surface area contributed by atoms with Crippen molar-refractivity contribution in [2.45, 2.75) is 12.8 Å². The number of halogens is 2. The van der Waals surface area contributed by atoms with Gasteiger partial charge in [-0.15, -0.1) is 0 Å². The van der Waals surface area contributed by atoms with Crippen LogP contribution in [-0.4, -0.2) is 25.5 Å². The van der Waals surface area contributed by atoms with Gasteiger partial charge in [0.25, 0.3) is 0 Å². The number of ether oxygens (including phenoxy) is 1. The van der Waals surface area contributed by atoms with Crippen LogP contribution >= 0.6 is 0 Å². The molecule has 0 bridgehead atoms. The van der Waals surface area contributed by atoms with Gasteiger partial charge in [0.15, 0.2) is 11.6 Å². The molecule has 0 aliphatic heterocycles. The molecule has 0 aromatic heterocycles. The number of benzene rings is 1. The SMILES string of the molecule is COC(=O)/C=C/CNC(=O)C(C)c1ccc(F)c(F)c1. The molecule has 0 spiro atoms. The number of hydrogen-bond donors (Lipinski definition) is 1. The van der Waals surface area contributed by atoms with Crippen LogP contribution in [-0.2, 0) is 14.3 Å². The van der Waals surface area contributed by atoms with Crippen molar-refractivity contribution in [3.8, 4) is 0 Å². The summed E-state index contributed by atoms with van der Waals surface area (Å²) >= 11 is 0. The molecule has 4 nitrogen and oxygen atoms in total. The van der Waals surface area contributed by atoms with Crippen LogP contribution in [0.15, 0.2) is 30.4 Å². The van der Waals surface area contributed by atoms with Crippen molar-refractivity contribution in [1.29, 1.82) is 0 Å². The third kappa shape index (κ3) is 4.46. The monoisotopic (exact) mass is 283 g/mol. The molecule has 0 fully saturated rings. The maximum atomic E-state index is 13.1. The molecular formula is C14H15F2NO3. The molecule has 0 saturated heterocycles. The minimum atomic E-state index is -0.993. The minimum Gasteiger partial charge on any atom is -0.466 e. The second kappa shape index (κ2) is 7.37. The third-order valence-corrected chi connectivity index (χ3v) is 2.69. The van der Waals surface area contributed by atoms with Crippen LogP contribution in [0.1, 0.15) is 18.4 Å². The third-order valence-electron chi connectivity index (χ3n) is 2.69. The van der Waals surface area contributed by atoms with Gasteiger partial charge in [0.2, 0.25) is 5.91 Å². The van der Waals surface area contributed by atoms with E-state index >= 15 is 0 Å². The van der Waals surface area contributed by atoms with E-state index in [1.807, 2.05) is 0 Å². The fourth-order valence-corrected chi connectivity index (χ4v) is 1.47. The molecule has 20 heavy (non-hydrogen) atoms. The van der Waals surface area contributed by atoms with Crippen molar-refractivity contribution in [3.05, 3.63) is 47.5 Å². The molecule has 1 aromatic rings. The van der Waals surface area contributed by atoms with Gasteiger partial charge in [-0.2, -0.15) is 0 Å². The Hall–Kier alpha value is -2.24. The summed E-state index contributed by atoms with van der Waals surface area (Å²) in [5.41, 5.74) is 0.373. The zero-order chi connectivity index (χ0) is 15.1. The van der Waals surface area contributed by atoms with E-state index in [2.05, 4.69) is 10.1 Å². The van der Waals surface area contributed by atoms with Crippen LogP contribution in [0.3, 0.4) is 0 Å². The van der Waals surface area contributed by atoms with Crippen LogP contribution < -0.4 is 5.32 Å². The van der Waals surface area contributed by atoms with Gasteiger partial charge in [0.1, 0.15) is 0 Å². The molecule has 0 aliphatic rings. The number of hydrogen-bond acceptors (Lipinski definition) is 3. The maximum Gasteiger partial charge on any atom is 0.330 e. The van der Waals surface area contributed by atoms with Gasteiger partial charge < -0.3 is 10.1 Å². The Kier molecular flexibility index (Phi) is 5.83. The van der Waals surface area contributed by atoms with Crippen molar-refractivity contribution in [3.63, 3.8) is 0 Å². The first-order chi connectivity index (χ1) is 9.45. The molecule has 1 amide bonds. The average Bonchev–Trinajstić information content (AvgIpc) is 2.45. The van der Waals surface area contributed by atoms with Crippen LogP contribution in [0.5, 0.6) is 0 Å². The number of methoxy groups -OCH3 is 1. The Balaban J connectivity index is 2.56. The first-order valence-electron chi connectivity index (χ1n) is 5.93. The van der Waals surface area contributed by atoms with E-state index in [1.54, 1.807) is 6.92 Å². The van der Waals surface area contributed by atoms with Crippen molar-refractivity contribution in [2.75, 3.05) is 13.7 Å². The zero-order valence-electron chi connectivity index (χ0n) is 11.2.